The number of aryl methyl sites for hydroxylation is 1. The lowest BCUT2D eigenvalue weighted by molar-refractivity contribution is 0.620. The molecule has 4 aromatic rings. The summed E-state index contributed by atoms with van der Waals surface area (Å²) in [5.41, 5.74) is 5.94. The third-order valence-corrected chi connectivity index (χ3v) is 6.02. The number of fused-ring (bicyclic) bond motifs is 2. The topological polar surface area (TPSA) is 42.7 Å². The average Bonchev–Trinajstić information content (AvgIpc) is 3.22. The number of hydrogen-bond acceptors (Lipinski definition) is 4. The van der Waals surface area contributed by atoms with Gasteiger partial charge in [0.25, 0.3) is 0 Å². The van der Waals surface area contributed by atoms with E-state index in [4.69, 9.17) is 4.98 Å². The molecule has 1 N–H and O–H groups in total. The standard InChI is InChI=1S/C21H20N4S/c1-13-9-16(7-8-22-13)21-23-19-6-4-15(11-20(19)26-21)14-3-5-18-17(10-14)12-25(2)24-18/h3-6,9-13,22H,7-8H2,1-2H3. The molecule has 3 heterocycles. The van der Waals surface area contributed by atoms with Crippen LogP contribution in [0, 0.1) is 0 Å². The van der Waals surface area contributed by atoms with Crippen LogP contribution in [0.25, 0.3) is 37.8 Å². The Labute approximate surface area is 156 Å². The molecule has 2 aromatic heterocycles. The molecule has 1 atom stereocenters. The number of hydrogen-bond donors (Lipinski definition) is 1. The van der Waals surface area contributed by atoms with Crippen molar-refractivity contribution in [3.05, 3.63) is 53.7 Å². The highest BCUT2D eigenvalue weighted by molar-refractivity contribution is 7.19. The van der Waals surface area contributed by atoms with Gasteiger partial charge in [-0.3, -0.25) is 4.68 Å². The number of rotatable bonds is 2. The van der Waals surface area contributed by atoms with E-state index in [1.807, 2.05) is 11.7 Å². The van der Waals surface area contributed by atoms with Crippen LogP contribution in [0.15, 0.2) is 48.7 Å². The van der Waals surface area contributed by atoms with E-state index in [-0.39, 0.29) is 0 Å². The third kappa shape index (κ3) is 2.73. The van der Waals surface area contributed by atoms with Gasteiger partial charge in [-0.2, -0.15) is 5.10 Å². The van der Waals surface area contributed by atoms with E-state index in [2.05, 4.69) is 66.0 Å². The van der Waals surface area contributed by atoms with Gasteiger partial charge in [-0.05, 0) is 60.9 Å². The van der Waals surface area contributed by atoms with E-state index in [1.165, 1.54) is 26.8 Å². The van der Waals surface area contributed by atoms with Crippen LogP contribution >= 0.6 is 11.3 Å². The van der Waals surface area contributed by atoms with Crippen molar-refractivity contribution in [1.29, 1.82) is 0 Å². The molecule has 0 aliphatic carbocycles. The molecule has 0 bridgehead atoms. The SMILES string of the molecule is CC1C=C(c2nc3ccc(-c4ccc5nn(C)cc5c4)cc3s2)CCN1. The van der Waals surface area contributed by atoms with Crippen LogP contribution in [-0.2, 0) is 7.05 Å². The predicted molar refractivity (Wildman–Crippen MR) is 109 cm³/mol. The molecule has 1 unspecified atom stereocenters. The van der Waals surface area contributed by atoms with Crippen molar-refractivity contribution >= 4 is 38.0 Å². The van der Waals surface area contributed by atoms with Crippen LogP contribution in [0.5, 0.6) is 0 Å². The lowest BCUT2D eigenvalue weighted by atomic mass is 10.0. The monoisotopic (exact) mass is 360 g/mol. The maximum absolute atomic E-state index is 4.87. The van der Waals surface area contributed by atoms with Crippen LogP contribution in [0.2, 0.25) is 0 Å². The third-order valence-electron chi connectivity index (χ3n) is 4.93. The van der Waals surface area contributed by atoms with Gasteiger partial charge in [0.05, 0.1) is 15.7 Å². The normalized spacial score (nSPS) is 17.8. The Morgan fingerprint density at radius 2 is 1.92 bits per heavy atom. The second-order valence-electron chi connectivity index (χ2n) is 6.96. The summed E-state index contributed by atoms with van der Waals surface area (Å²) in [5.74, 6) is 0. The van der Waals surface area contributed by atoms with Crippen LogP contribution in [0.1, 0.15) is 18.4 Å². The molecule has 0 saturated heterocycles. The number of thiazole rings is 1. The van der Waals surface area contributed by atoms with Gasteiger partial charge < -0.3 is 5.32 Å². The van der Waals surface area contributed by atoms with Crippen LogP contribution in [0.4, 0.5) is 0 Å². The molecular weight excluding hydrogens is 340 g/mol. The Kier molecular flexibility index (Phi) is 3.65. The fourth-order valence-corrected chi connectivity index (χ4v) is 4.68. The minimum absolute atomic E-state index is 0.424. The van der Waals surface area contributed by atoms with Crippen molar-refractivity contribution in [3.8, 4) is 11.1 Å². The highest BCUT2D eigenvalue weighted by Crippen LogP contribution is 2.33. The van der Waals surface area contributed by atoms with E-state index >= 15 is 0 Å². The number of benzene rings is 2. The Morgan fingerprint density at radius 3 is 2.77 bits per heavy atom. The molecule has 0 radical (unpaired) electrons. The van der Waals surface area contributed by atoms with Crippen molar-refractivity contribution in [1.82, 2.24) is 20.1 Å². The smallest absolute Gasteiger partial charge is 0.120 e. The van der Waals surface area contributed by atoms with Gasteiger partial charge in [-0.1, -0.05) is 18.2 Å². The zero-order chi connectivity index (χ0) is 17.7. The van der Waals surface area contributed by atoms with Crippen molar-refractivity contribution in [2.45, 2.75) is 19.4 Å². The molecule has 5 heteroatoms. The van der Waals surface area contributed by atoms with Gasteiger partial charge in [-0.15, -0.1) is 11.3 Å². The molecule has 5 rings (SSSR count). The summed E-state index contributed by atoms with van der Waals surface area (Å²) in [6.07, 6.45) is 5.42. The number of aromatic nitrogens is 3. The summed E-state index contributed by atoms with van der Waals surface area (Å²) < 4.78 is 3.11. The van der Waals surface area contributed by atoms with E-state index in [1.54, 1.807) is 11.3 Å². The van der Waals surface area contributed by atoms with Gasteiger partial charge >= 0.3 is 0 Å². The van der Waals surface area contributed by atoms with Crippen LogP contribution in [-0.4, -0.2) is 27.4 Å². The first-order valence-corrected chi connectivity index (χ1v) is 9.76. The quantitative estimate of drug-likeness (QED) is 0.567. The minimum Gasteiger partial charge on any atom is -0.310 e. The van der Waals surface area contributed by atoms with Crippen molar-refractivity contribution in [2.75, 3.05) is 6.54 Å². The second-order valence-corrected chi connectivity index (χ2v) is 7.99. The fraction of sp³-hybridized carbons (Fsp3) is 0.238. The molecule has 1 aliphatic rings. The molecule has 0 fully saturated rings. The summed E-state index contributed by atoms with van der Waals surface area (Å²) in [7, 11) is 1.96. The molecule has 1 aliphatic heterocycles. The van der Waals surface area contributed by atoms with E-state index in [0.717, 1.165) is 29.0 Å². The molecule has 2 aromatic carbocycles. The summed E-state index contributed by atoms with van der Waals surface area (Å²) in [4.78, 5) is 4.87. The summed E-state index contributed by atoms with van der Waals surface area (Å²) in [5, 5.41) is 10.2. The first-order valence-electron chi connectivity index (χ1n) is 8.94. The molecule has 26 heavy (non-hydrogen) atoms. The minimum atomic E-state index is 0.424. The Morgan fingerprint density at radius 1 is 1.12 bits per heavy atom. The zero-order valence-corrected chi connectivity index (χ0v) is 15.7. The Balaban J connectivity index is 1.56. The summed E-state index contributed by atoms with van der Waals surface area (Å²) in [6.45, 7) is 3.22. The van der Waals surface area contributed by atoms with Crippen LogP contribution < -0.4 is 5.32 Å². The van der Waals surface area contributed by atoms with Gasteiger partial charge in [-0.25, -0.2) is 4.98 Å². The van der Waals surface area contributed by atoms with Gasteiger partial charge in [0.1, 0.15) is 5.01 Å². The summed E-state index contributed by atoms with van der Waals surface area (Å²) in [6, 6.07) is 13.4. The molecular formula is C21H20N4S. The fourth-order valence-electron chi connectivity index (χ4n) is 3.63. The summed E-state index contributed by atoms with van der Waals surface area (Å²) >= 11 is 1.80. The maximum Gasteiger partial charge on any atom is 0.120 e. The molecule has 0 spiro atoms. The number of nitrogens with zero attached hydrogens (tertiary/aromatic N) is 3. The molecule has 0 saturated carbocycles. The first-order chi connectivity index (χ1) is 12.7. The first kappa shape index (κ1) is 15.7. The Hall–Kier alpha value is -2.50. The predicted octanol–water partition coefficient (Wildman–Crippen LogP) is 4.62. The zero-order valence-electron chi connectivity index (χ0n) is 14.9. The Bertz CT molecular complexity index is 1150. The van der Waals surface area contributed by atoms with Crippen molar-refractivity contribution < 1.29 is 0 Å². The highest BCUT2D eigenvalue weighted by Gasteiger charge is 2.14. The van der Waals surface area contributed by atoms with Crippen molar-refractivity contribution in [3.63, 3.8) is 0 Å². The average molecular weight is 360 g/mol. The van der Waals surface area contributed by atoms with Crippen LogP contribution in [0.3, 0.4) is 0 Å². The molecule has 0 amide bonds. The number of nitrogens with one attached hydrogen (secondary N) is 1. The lowest BCUT2D eigenvalue weighted by Crippen LogP contribution is -2.29. The van der Waals surface area contributed by atoms with E-state index in [9.17, 15) is 0 Å². The van der Waals surface area contributed by atoms with Gasteiger partial charge in [0.2, 0.25) is 0 Å². The lowest BCUT2D eigenvalue weighted by Gasteiger charge is -2.17. The second kappa shape index (κ2) is 6.04. The molecule has 4 nitrogen and oxygen atoms in total. The maximum atomic E-state index is 4.87. The molecule has 130 valence electrons. The van der Waals surface area contributed by atoms with Gasteiger partial charge in [0.15, 0.2) is 0 Å². The highest BCUT2D eigenvalue weighted by atomic mass is 32.1. The van der Waals surface area contributed by atoms with Gasteiger partial charge in [0, 0.05) is 24.7 Å². The van der Waals surface area contributed by atoms with E-state index < -0.39 is 0 Å². The largest absolute Gasteiger partial charge is 0.310 e. The van der Waals surface area contributed by atoms with Crippen molar-refractivity contribution in [2.24, 2.45) is 7.05 Å². The van der Waals surface area contributed by atoms with E-state index in [0.29, 0.717) is 6.04 Å².